The summed E-state index contributed by atoms with van der Waals surface area (Å²) in [6.07, 6.45) is 1.67. The lowest BCUT2D eigenvalue weighted by Crippen LogP contribution is -2.46. The highest BCUT2D eigenvalue weighted by Crippen LogP contribution is 2.13. The lowest BCUT2D eigenvalue weighted by molar-refractivity contribution is -0.0734. The number of aryl methyl sites for hydroxylation is 1. The van der Waals surface area contributed by atoms with E-state index in [0.717, 1.165) is 38.4 Å². The molecule has 0 unspecified atom stereocenters. The Morgan fingerprint density at radius 1 is 1.14 bits per heavy atom. The van der Waals surface area contributed by atoms with Crippen molar-refractivity contribution in [2.75, 3.05) is 39.5 Å². The van der Waals surface area contributed by atoms with E-state index in [4.69, 9.17) is 14.2 Å². The van der Waals surface area contributed by atoms with Gasteiger partial charge < -0.3 is 14.2 Å². The Bertz CT molecular complexity index is 428. The average molecular weight is 307 g/mol. The molecule has 2 atom stereocenters. The van der Waals surface area contributed by atoms with Gasteiger partial charge in [0.2, 0.25) is 0 Å². The van der Waals surface area contributed by atoms with Crippen LogP contribution in [0.25, 0.3) is 0 Å². The van der Waals surface area contributed by atoms with Crippen LogP contribution in [0.15, 0.2) is 24.3 Å². The predicted octanol–water partition coefficient (Wildman–Crippen LogP) is 2.75. The zero-order chi connectivity index (χ0) is 15.8. The maximum atomic E-state index is 5.73. The fraction of sp³-hybridized carbons (Fsp3) is 0.667. The molecular formula is C18H29NO3. The molecular weight excluding hydrogens is 278 g/mol. The van der Waals surface area contributed by atoms with Crippen molar-refractivity contribution in [2.45, 2.75) is 39.4 Å². The van der Waals surface area contributed by atoms with E-state index in [1.165, 1.54) is 5.56 Å². The predicted molar refractivity (Wildman–Crippen MR) is 88.6 cm³/mol. The first-order chi connectivity index (χ1) is 10.7. The Kier molecular flexibility index (Phi) is 7.16. The maximum absolute atomic E-state index is 5.73. The number of ether oxygens (including phenoxy) is 3. The Balaban J connectivity index is 1.55. The van der Waals surface area contributed by atoms with Gasteiger partial charge in [-0.1, -0.05) is 19.1 Å². The Morgan fingerprint density at radius 3 is 2.64 bits per heavy atom. The average Bonchev–Trinajstić information content (AvgIpc) is 2.50. The van der Waals surface area contributed by atoms with Crippen molar-refractivity contribution in [3.63, 3.8) is 0 Å². The number of benzene rings is 1. The zero-order valence-electron chi connectivity index (χ0n) is 14.1. The summed E-state index contributed by atoms with van der Waals surface area (Å²) in [5.74, 6) is 0.929. The van der Waals surface area contributed by atoms with E-state index in [1.54, 1.807) is 0 Å². The molecule has 1 fully saturated rings. The highest BCUT2D eigenvalue weighted by atomic mass is 16.5. The Hall–Kier alpha value is -1.10. The van der Waals surface area contributed by atoms with Crippen molar-refractivity contribution >= 4 is 0 Å². The van der Waals surface area contributed by atoms with Crippen LogP contribution < -0.4 is 4.74 Å². The van der Waals surface area contributed by atoms with Crippen LogP contribution in [0.2, 0.25) is 0 Å². The van der Waals surface area contributed by atoms with Crippen LogP contribution in [-0.2, 0) is 15.9 Å². The first-order valence-electron chi connectivity index (χ1n) is 8.34. The van der Waals surface area contributed by atoms with Gasteiger partial charge in [0.1, 0.15) is 12.4 Å². The fourth-order valence-electron chi connectivity index (χ4n) is 2.84. The summed E-state index contributed by atoms with van der Waals surface area (Å²) in [5.41, 5.74) is 1.30. The second-order valence-corrected chi connectivity index (χ2v) is 5.98. The van der Waals surface area contributed by atoms with Crippen LogP contribution in [0.3, 0.4) is 0 Å². The third kappa shape index (κ3) is 5.95. The van der Waals surface area contributed by atoms with Crippen molar-refractivity contribution in [3.8, 4) is 5.75 Å². The first-order valence-corrected chi connectivity index (χ1v) is 8.34. The van der Waals surface area contributed by atoms with Crippen molar-refractivity contribution in [3.05, 3.63) is 29.8 Å². The second kappa shape index (κ2) is 9.13. The van der Waals surface area contributed by atoms with E-state index in [-0.39, 0.29) is 0 Å². The molecule has 0 spiro atoms. The minimum absolute atomic E-state index is 0.318. The van der Waals surface area contributed by atoms with Crippen molar-refractivity contribution in [1.82, 2.24) is 4.90 Å². The molecule has 1 aliphatic rings. The highest BCUT2D eigenvalue weighted by molar-refractivity contribution is 5.28. The van der Waals surface area contributed by atoms with Crippen LogP contribution >= 0.6 is 0 Å². The number of nitrogens with zero attached hydrogens (tertiary/aromatic N) is 1. The van der Waals surface area contributed by atoms with Crippen LogP contribution in [0.1, 0.15) is 26.3 Å². The topological polar surface area (TPSA) is 30.9 Å². The number of hydrogen-bond acceptors (Lipinski definition) is 4. The third-order valence-corrected chi connectivity index (χ3v) is 3.85. The van der Waals surface area contributed by atoms with E-state index in [9.17, 15) is 0 Å². The lowest BCUT2D eigenvalue weighted by atomic mass is 10.2. The van der Waals surface area contributed by atoms with E-state index in [1.807, 2.05) is 12.1 Å². The molecule has 0 aromatic heterocycles. The molecule has 1 aromatic rings. The van der Waals surface area contributed by atoms with E-state index in [2.05, 4.69) is 37.8 Å². The third-order valence-electron chi connectivity index (χ3n) is 3.85. The van der Waals surface area contributed by atoms with Gasteiger partial charge in [0.15, 0.2) is 0 Å². The standard InChI is InChI=1S/C18H29NO3/c1-4-17-6-5-7-18(12-17)21-11-10-20-9-8-19-13-15(2)22-16(3)14-19/h5-7,12,15-16H,4,8-11,13-14H2,1-3H3/t15-,16-/m1/s1. The van der Waals surface area contributed by atoms with Crippen molar-refractivity contribution < 1.29 is 14.2 Å². The minimum atomic E-state index is 0.318. The normalized spacial score (nSPS) is 22.7. The molecule has 0 N–H and O–H groups in total. The molecule has 4 heteroatoms. The van der Waals surface area contributed by atoms with Gasteiger partial charge in [-0.2, -0.15) is 0 Å². The summed E-state index contributed by atoms with van der Waals surface area (Å²) in [5, 5.41) is 0. The molecule has 1 aromatic carbocycles. The van der Waals surface area contributed by atoms with Gasteiger partial charge in [0, 0.05) is 19.6 Å². The first kappa shape index (κ1) is 17.3. The minimum Gasteiger partial charge on any atom is -0.491 e. The Labute approximate surface area is 134 Å². The number of rotatable bonds is 8. The molecule has 1 saturated heterocycles. The molecule has 4 nitrogen and oxygen atoms in total. The molecule has 2 rings (SSSR count). The largest absolute Gasteiger partial charge is 0.491 e. The fourth-order valence-corrected chi connectivity index (χ4v) is 2.84. The van der Waals surface area contributed by atoms with Crippen molar-refractivity contribution in [2.24, 2.45) is 0 Å². The molecule has 1 heterocycles. The molecule has 124 valence electrons. The quantitative estimate of drug-likeness (QED) is 0.691. The van der Waals surface area contributed by atoms with Crippen molar-refractivity contribution in [1.29, 1.82) is 0 Å². The van der Waals surface area contributed by atoms with Gasteiger partial charge in [0.05, 0.1) is 25.4 Å². The molecule has 0 bridgehead atoms. The van der Waals surface area contributed by atoms with Gasteiger partial charge in [-0.3, -0.25) is 4.90 Å². The van der Waals surface area contributed by atoms with Gasteiger partial charge in [-0.15, -0.1) is 0 Å². The highest BCUT2D eigenvalue weighted by Gasteiger charge is 2.21. The summed E-state index contributed by atoms with van der Waals surface area (Å²) in [4.78, 5) is 2.41. The summed E-state index contributed by atoms with van der Waals surface area (Å²) in [6, 6.07) is 8.25. The van der Waals surface area contributed by atoms with Crippen LogP contribution in [0.4, 0.5) is 0 Å². The number of morpholine rings is 1. The smallest absolute Gasteiger partial charge is 0.119 e. The van der Waals surface area contributed by atoms with Gasteiger partial charge in [-0.05, 0) is 38.0 Å². The molecule has 0 aliphatic carbocycles. The molecule has 0 saturated carbocycles. The maximum Gasteiger partial charge on any atom is 0.119 e. The zero-order valence-corrected chi connectivity index (χ0v) is 14.1. The monoisotopic (exact) mass is 307 g/mol. The van der Waals surface area contributed by atoms with Crippen LogP contribution in [0, 0.1) is 0 Å². The molecule has 0 amide bonds. The lowest BCUT2D eigenvalue weighted by Gasteiger charge is -2.35. The number of hydrogen-bond donors (Lipinski definition) is 0. The SMILES string of the molecule is CCc1cccc(OCCOCCN2C[C@@H](C)O[C@H](C)C2)c1. The Morgan fingerprint density at radius 2 is 1.91 bits per heavy atom. The molecule has 1 aliphatic heterocycles. The summed E-state index contributed by atoms with van der Waals surface area (Å²) in [7, 11) is 0. The summed E-state index contributed by atoms with van der Waals surface area (Å²) < 4.78 is 17.1. The van der Waals surface area contributed by atoms with E-state index in [0.29, 0.717) is 25.4 Å². The molecule has 22 heavy (non-hydrogen) atoms. The van der Waals surface area contributed by atoms with Gasteiger partial charge >= 0.3 is 0 Å². The van der Waals surface area contributed by atoms with E-state index >= 15 is 0 Å². The molecule has 0 radical (unpaired) electrons. The van der Waals surface area contributed by atoms with Gasteiger partial charge in [-0.25, -0.2) is 0 Å². The van der Waals surface area contributed by atoms with E-state index < -0.39 is 0 Å². The van der Waals surface area contributed by atoms with Gasteiger partial charge in [0.25, 0.3) is 0 Å². The van der Waals surface area contributed by atoms with Crippen LogP contribution in [-0.4, -0.2) is 56.6 Å². The van der Waals surface area contributed by atoms with Crippen LogP contribution in [0.5, 0.6) is 5.75 Å². The summed E-state index contributed by atoms with van der Waals surface area (Å²) in [6.45, 7) is 11.3. The second-order valence-electron chi connectivity index (χ2n) is 5.98. The summed E-state index contributed by atoms with van der Waals surface area (Å²) >= 11 is 0.